The quantitative estimate of drug-likeness (QED) is 0.343. The van der Waals surface area contributed by atoms with E-state index in [0.717, 1.165) is 30.4 Å². The van der Waals surface area contributed by atoms with Gasteiger partial charge in [-0.05, 0) is 31.5 Å². The summed E-state index contributed by atoms with van der Waals surface area (Å²) >= 11 is 0. The zero-order chi connectivity index (χ0) is 17.6. The summed E-state index contributed by atoms with van der Waals surface area (Å²) in [5.74, 6) is 1.84. The number of halogens is 1. The third-order valence-corrected chi connectivity index (χ3v) is 4.35. The third kappa shape index (κ3) is 4.75. The number of fused-ring (bicyclic) bond motifs is 1. The largest absolute Gasteiger partial charge is 0.355 e. The first-order valence-electron chi connectivity index (χ1n) is 8.63. The van der Waals surface area contributed by atoms with Crippen LogP contribution in [0.1, 0.15) is 24.4 Å². The summed E-state index contributed by atoms with van der Waals surface area (Å²) in [4.78, 5) is 8.94. The van der Waals surface area contributed by atoms with E-state index in [0.29, 0.717) is 0 Å². The van der Waals surface area contributed by atoms with Crippen LogP contribution in [0.25, 0.3) is 11.0 Å². The Morgan fingerprint density at radius 1 is 1.12 bits per heavy atom. The molecule has 3 rings (SSSR count). The maximum Gasteiger partial charge on any atom is 0.191 e. The van der Waals surface area contributed by atoms with E-state index in [1.807, 2.05) is 25.1 Å². The Kier molecular flexibility index (Phi) is 7.44. The molecule has 0 amide bonds. The van der Waals surface area contributed by atoms with Crippen molar-refractivity contribution in [2.45, 2.75) is 26.4 Å². The summed E-state index contributed by atoms with van der Waals surface area (Å²) in [6.07, 6.45) is 0. The lowest BCUT2D eigenvalue weighted by Crippen LogP contribution is -2.40. The number of guanidine groups is 1. The number of para-hydroxylation sites is 2. The van der Waals surface area contributed by atoms with Crippen molar-refractivity contribution in [2.75, 3.05) is 13.6 Å². The molecule has 1 unspecified atom stereocenters. The second-order valence-corrected chi connectivity index (χ2v) is 6.08. The van der Waals surface area contributed by atoms with Gasteiger partial charge in [-0.15, -0.1) is 24.0 Å². The van der Waals surface area contributed by atoms with Gasteiger partial charge in [-0.3, -0.25) is 4.99 Å². The smallest absolute Gasteiger partial charge is 0.191 e. The van der Waals surface area contributed by atoms with E-state index in [2.05, 4.69) is 68.5 Å². The molecule has 2 aromatic carbocycles. The summed E-state index contributed by atoms with van der Waals surface area (Å²) in [7, 11) is 1.80. The summed E-state index contributed by atoms with van der Waals surface area (Å²) in [6.45, 7) is 5.80. The lowest BCUT2D eigenvalue weighted by Gasteiger charge is -2.18. The van der Waals surface area contributed by atoms with E-state index in [1.54, 1.807) is 7.05 Å². The van der Waals surface area contributed by atoms with Gasteiger partial charge in [0.15, 0.2) is 5.96 Å². The third-order valence-electron chi connectivity index (χ3n) is 4.35. The minimum Gasteiger partial charge on any atom is -0.355 e. The number of benzene rings is 2. The first kappa shape index (κ1) is 20.2. The van der Waals surface area contributed by atoms with Gasteiger partial charge in [0.2, 0.25) is 0 Å². The molecular formula is C20H26IN5. The summed E-state index contributed by atoms with van der Waals surface area (Å²) in [5.41, 5.74) is 3.45. The van der Waals surface area contributed by atoms with E-state index < -0.39 is 0 Å². The summed E-state index contributed by atoms with van der Waals surface area (Å²) in [5, 5.41) is 6.82. The molecule has 5 nitrogen and oxygen atoms in total. The fraction of sp³-hybridized carbons (Fsp3) is 0.300. The molecule has 0 fully saturated rings. The van der Waals surface area contributed by atoms with Gasteiger partial charge in [0.1, 0.15) is 5.82 Å². The highest BCUT2D eigenvalue weighted by atomic mass is 127. The molecular weight excluding hydrogens is 437 g/mol. The molecule has 138 valence electrons. The number of aromatic nitrogens is 2. The molecule has 0 saturated carbocycles. The Hall–Kier alpha value is -2.09. The van der Waals surface area contributed by atoms with Crippen LogP contribution in [-0.2, 0) is 6.54 Å². The maximum absolute atomic E-state index is 4.61. The number of nitrogens with one attached hydrogen (secondary N) is 2. The van der Waals surface area contributed by atoms with E-state index in [4.69, 9.17) is 0 Å². The molecule has 3 aromatic rings. The molecule has 0 bridgehead atoms. The highest BCUT2D eigenvalue weighted by molar-refractivity contribution is 14.0. The summed E-state index contributed by atoms with van der Waals surface area (Å²) < 4.78 is 2.23. The van der Waals surface area contributed by atoms with Gasteiger partial charge in [-0.25, -0.2) is 4.98 Å². The summed E-state index contributed by atoms with van der Waals surface area (Å²) in [6, 6.07) is 18.8. The zero-order valence-electron chi connectivity index (χ0n) is 15.4. The minimum atomic E-state index is 0. The van der Waals surface area contributed by atoms with Gasteiger partial charge in [0, 0.05) is 20.1 Å². The average molecular weight is 463 g/mol. The van der Waals surface area contributed by atoms with E-state index in [-0.39, 0.29) is 30.0 Å². The fourth-order valence-electron chi connectivity index (χ4n) is 2.99. The van der Waals surface area contributed by atoms with Crippen LogP contribution < -0.4 is 10.6 Å². The number of hydrogen-bond donors (Lipinski definition) is 2. The van der Waals surface area contributed by atoms with Crippen LogP contribution in [0.3, 0.4) is 0 Å². The van der Waals surface area contributed by atoms with Gasteiger partial charge < -0.3 is 15.2 Å². The van der Waals surface area contributed by atoms with Crippen molar-refractivity contribution in [1.29, 1.82) is 0 Å². The molecule has 0 spiro atoms. The molecule has 1 aromatic heterocycles. The van der Waals surface area contributed by atoms with Gasteiger partial charge in [-0.1, -0.05) is 42.5 Å². The van der Waals surface area contributed by atoms with Crippen molar-refractivity contribution in [1.82, 2.24) is 20.2 Å². The Morgan fingerprint density at radius 2 is 1.81 bits per heavy atom. The monoisotopic (exact) mass is 463 g/mol. The van der Waals surface area contributed by atoms with Gasteiger partial charge in [0.05, 0.1) is 17.1 Å². The Morgan fingerprint density at radius 3 is 2.54 bits per heavy atom. The SMILES string of the molecule is CN=C(NCCn1c(C)nc2ccccc21)NC(C)c1ccccc1.I. The number of aryl methyl sites for hydroxylation is 1. The molecule has 0 aliphatic rings. The Balaban J connectivity index is 0.00000243. The van der Waals surface area contributed by atoms with E-state index in [1.165, 1.54) is 11.1 Å². The van der Waals surface area contributed by atoms with Crippen molar-refractivity contribution in [3.63, 3.8) is 0 Å². The second-order valence-electron chi connectivity index (χ2n) is 6.08. The minimum absolute atomic E-state index is 0. The fourth-order valence-corrected chi connectivity index (χ4v) is 2.99. The van der Waals surface area contributed by atoms with Gasteiger partial charge >= 0.3 is 0 Å². The van der Waals surface area contributed by atoms with E-state index in [9.17, 15) is 0 Å². The number of rotatable bonds is 5. The van der Waals surface area contributed by atoms with Crippen molar-refractivity contribution < 1.29 is 0 Å². The molecule has 1 atom stereocenters. The molecule has 26 heavy (non-hydrogen) atoms. The van der Waals surface area contributed by atoms with Crippen LogP contribution in [0.15, 0.2) is 59.6 Å². The lowest BCUT2D eigenvalue weighted by atomic mass is 10.1. The molecule has 1 heterocycles. The van der Waals surface area contributed by atoms with Crippen molar-refractivity contribution >= 4 is 41.0 Å². The molecule has 2 N–H and O–H groups in total. The van der Waals surface area contributed by atoms with Gasteiger partial charge in [-0.2, -0.15) is 0 Å². The van der Waals surface area contributed by atoms with Crippen LogP contribution in [0, 0.1) is 6.92 Å². The van der Waals surface area contributed by atoms with Crippen LogP contribution in [0.5, 0.6) is 0 Å². The first-order chi connectivity index (χ1) is 12.2. The van der Waals surface area contributed by atoms with Gasteiger partial charge in [0.25, 0.3) is 0 Å². The molecule has 0 aliphatic heterocycles. The number of aliphatic imine (C=N–C) groups is 1. The number of hydrogen-bond acceptors (Lipinski definition) is 2. The average Bonchev–Trinajstić information content (AvgIpc) is 2.97. The van der Waals surface area contributed by atoms with Crippen LogP contribution in [0.4, 0.5) is 0 Å². The molecule has 0 aliphatic carbocycles. The zero-order valence-corrected chi connectivity index (χ0v) is 17.8. The number of nitrogens with zero attached hydrogens (tertiary/aromatic N) is 3. The predicted octanol–water partition coefficient (Wildman–Crippen LogP) is 3.89. The van der Waals surface area contributed by atoms with Crippen LogP contribution in [-0.4, -0.2) is 29.1 Å². The second kappa shape index (κ2) is 9.56. The normalized spacial score (nSPS) is 12.5. The van der Waals surface area contributed by atoms with Crippen LogP contribution >= 0.6 is 24.0 Å². The topological polar surface area (TPSA) is 54.2 Å². The first-order valence-corrected chi connectivity index (χ1v) is 8.63. The highest BCUT2D eigenvalue weighted by Gasteiger charge is 2.09. The Labute approximate surface area is 172 Å². The maximum atomic E-state index is 4.61. The van der Waals surface area contributed by atoms with Crippen molar-refractivity contribution in [3.8, 4) is 0 Å². The van der Waals surface area contributed by atoms with Crippen molar-refractivity contribution in [2.24, 2.45) is 4.99 Å². The molecule has 0 saturated heterocycles. The standard InChI is InChI=1S/C20H25N5.HI/c1-15(17-9-5-4-6-10-17)23-20(21-3)22-13-14-25-16(2)24-18-11-7-8-12-19(18)25;/h4-12,15H,13-14H2,1-3H3,(H2,21,22,23);1H. The Bertz CT molecular complexity index is 857. The predicted molar refractivity (Wildman–Crippen MR) is 119 cm³/mol. The van der Waals surface area contributed by atoms with Crippen molar-refractivity contribution in [3.05, 3.63) is 66.0 Å². The molecule has 6 heteroatoms. The number of imidazole rings is 1. The molecule has 0 radical (unpaired) electrons. The lowest BCUT2D eigenvalue weighted by molar-refractivity contribution is 0.640. The highest BCUT2D eigenvalue weighted by Crippen LogP contribution is 2.15. The van der Waals surface area contributed by atoms with E-state index >= 15 is 0 Å². The van der Waals surface area contributed by atoms with Crippen LogP contribution in [0.2, 0.25) is 0 Å².